The maximum absolute atomic E-state index is 12.0. The molecule has 9 heteroatoms. The number of hydrogen-bond acceptors (Lipinski definition) is 6. The van der Waals surface area contributed by atoms with E-state index in [0.29, 0.717) is 0 Å². The van der Waals surface area contributed by atoms with Gasteiger partial charge in [-0.25, -0.2) is 18.2 Å². The third-order valence-electron chi connectivity index (χ3n) is 2.59. The molecule has 0 radical (unpaired) electrons. The van der Waals surface area contributed by atoms with Gasteiger partial charge in [-0.15, -0.1) is 0 Å². The largest absolute Gasteiger partial charge is 0.480 e. The van der Waals surface area contributed by atoms with Gasteiger partial charge in [-0.05, 0) is 18.6 Å². The van der Waals surface area contributed by atoms with Crippen molar-refractivity contribution < 1.29 is 27.9 Å². The van der Waals surface area contributed by atoms with Gasteiger partial charge in [0.15, 0.2) is 0 Å². The molecule has 1 unspecified atom stereocenters. The first-order valence-electron chi connectivity index (χ1n) is 5.95. The fourth-order valence-corrected chi connectivity index (χ4v) is 2.22. The Hall–Kier alpha value is -2.16. The zero-order valence-corrected chi connectivity index (χ0v) is 12.4. The summed E-state index contributed by atoms with van der Waals surface area (Å²) in [4.78, 5) is 26.9. The minimum absolute atomic E-state index is 0.0576. The van der Waals surface area contributed by atoms with Crippen molar-refractivity contribution in [2.24, 2.45) is 0 Å². The monoisotopic (exact) mass is 316 g/mol. The van der Waals surface area contributed by atoms with E-state index in [9.17, 15) is 18.0 Å². The first-order chi connectivity index (χ1) is 9.74. The summed E-state index contributed by atoms with van der Waals surface area (Å²) in [5, 5.41) is 11.3. The SMILES string of the molecule is COc1ncccc1C(=O)NC(CCS(C)(=O)=O)C(=O)O. The second-order valence-corrected chi connectivity index (χ2v) is 6.60. The van der Waals surface area contributed by atoms with E-state index in [1.165, 1.54) is 25.4 Å². The maximum Gasteiger partial charge on any atom is 0.326 e. The highest BCUT2D eigenvalue weighted by molar-refractivity contribution is 7.90. The minimum atomic E-state index is -3.32. The summed E-state index contributed by atoms with van der Waals surface area (Å²) < 4.78 is 27.1. The normalized spacial score (nSPS) is 12.5. The van der Waals surface area contributed by atoms with E-state index in [1.54, 1.807) is 0 Å². The number of hydrogen-bond donors (Lipinski definition) is 2. The number of amides is 1. The molecule has 0 bridgehead atoms. The molecule has 0 aliphatic carbocycles. The van der Waals surface area contributed by atoms with Crippen molar-refractivity contribution in [2.75, 3.05) is 19.1 Å². The number of aliphatic carboxylic acids is 1. The average molecular weight is 316 g/mol. The fourth-order valence-electron chi connectivity index (χ4n) is 1.55. The number of carboxylic acid groups (broad SMARTS) is 1. The van der Waals surface area contributed by atoms with E-state index in [4.69, 9.17) is 9.84 Å². The van der Waals surface area contributed by atoms with Gasteiger partial charge < -0.3 is 15.2 Å². The summed E-state index contributed by atoms with van der Waals surface area (Å²) in [5.41, 5.74) is 0.0746. The number of carboxylic acids is 1. The van der Waals surface area contributed by atoms with Gasteiger partial charge in [0.1, 0.15) is 21.4 Å². The van der Waals surface area contributed by atoms with Gasteiger partial charge in [0, 0.05) is 12.5 Å². The molecule has 0 spiro atoms. The molecule has 1 heterocycles. The molecule has 0 fully saturated rings. The Balaban J connectivity index is 2.84. The van der Waals surface area contributed by atoms with Crippen LogP contribution in [0.2, 0.25) is 0 Å². The van der Waals surface area contributed by atoms with Crippen molar-refractivity contribution in [2.45, 2.75) is 12.5 Å². The Kier molecular flexibility index (Phi) is 5.65. The van der Waals surface area contributed by atoms with E-state index < -0.39 is 27.8 Å². The van der Waals surface area contributed by atoms with E-state index in [2.05, 4.69) is 10.3 Å². The molecule has 2 N–H and O–H groups in total. The van der Waals surface area contributed by atoms with Gasteiger partial charge in [0.05, 0.1) is 12.9 Å². The van der Waals surface area contributed by atoms with Crippen LogP contribution in [0.15, 0.2) is 18.3 Å². The number of pyridine rings is 1. The number of nitrogens with zero attached hydrogens (tertiary/aromatic N) is 1. The predicted molar refractivity (Wildman–Crippen MR) is 74.0 cm³/mol. The molecule has 0 aliphatic heterocycles. The Labute approximate surface area is 122 Å². The van der Waals surface area contributed by atoms with Crippen LogP contribution in [-0.2, 0) is 14.6 Å². The second kappa shape index (κ2) is 7.02. The number of ether oxygens (including phenoxy) is 1. The van der Waals surface area contributed by atoms with Crippen LogP contribution in [0.1, 0.15) is 16.8 Å². The zero-order valence-electron chi connectivity index (χ0n) is 11.6. The van der Waals surface area contributed by atoms with Crippen LogP contribution >= 0.6 is 0 Å². The number of rotatable bonds is 7. The third-order valence-corrected chi connectivity index (χ3v) is 3.57. The molecule has 0 saturated carbocycles. The summed E-state index contributed by atoms with van der Waals surface area (Å²) in [5.74, 6) is -2.29. The molecule has 0 saturated heterocycles. The number of carbonyl (C=O) groups excluding carboxylic acids is 1. The van der Waals surface area contributed by atoms with Crippen molar-refractivity contribution in [3.05, 3.63) is 23.9 Å². The maximum atomic E-state index is 12.0. The van der Waals surface area contributed by atoms with Gasteiger partial charge in [-0.3, -0.25) is 4.79 Å². The van der Waals surface area contributed by atoms with Gasteiger partial charge >= 0.3 is 5.97 Å². The number of nitrogens with one attached hydrogen (secondary N) is 1. The van der Waals surface area contributed by atoms with Gasteiger partial charge in [0.2, 0.25) is 5.88 Å². The second-order valence-electron chi connectivity index (χ2n) is 4.34. The van der Waals surface area contributed by atoms with E-state index in [1.807, 2.05) is 0 Å². The minimum Gasteiger partial charge on any atom is -0.480 e. The fraction of sp³-hybridized carbons (Fsp3) is 0.417. The Morgan fingerprint density at radius 1 is 1.48 bits per heavy atom. The highest BCUT2D eigenvalue weighted by Crippen LogP contribution is 2.13. The molecule has 21 heavy (non-hydrogen) atoms. The smallest absolute Gasteiger partial charge is 0.326 e. The molecule has 8 nitrogen and oxygen atoms in total. The van der Waals surface area contributed by atoms with Crippen molar-refractivity contribution in [1.29, 1.82) is 0 Å². The van der Waals surface area contributed by atoms with Gasteiger partial charge in [-0.1, -0.05) is 0 Å². The molecule has 116 valence electrons. The molecule has 1 aromatic rings. The van der Waals surface area contributed by atoms with Crippen molar-refractivity contribution in [1.82, 2.24) is 10.3 Å². The lowest BCUT2D eigenvalue weighted by Gasteiger charge is -2.14. The van der Waals surface area contributed by atoms with Crippen LogP contribution < -0.4 is 10.1 Å². The van der Waals surface area contributed by atoms with Crippen molar-refractivity contribution in [3.8, 4) is 5.88 Å². The quantitative estimate of drug-likeness (QED) is 0.708. The lowest BCUT2D eigenvalue weighted by Crippen LogP contribution is -2.42. The van der Waals surface area contributed by atoms with Crippen LogP contribution in [-0.4, -0.2) is 55.5 Å². The third kappa shape index (κ3) is 5.38. The Bertz CT molecular complexity index is 628. The molecule has 0 aliphatic rings. The van der Waals surface area contributed by atoms with Crippen LogP contribution in [0.3, 0.4) is 0 Å². The van der Waals surface area contributed by atoms with Crippen LogP contribution in [0.25, 0.3) is 0 Å². The summed E-state index contributed by atoms with van der Waals surface area (Å²) in [7, 11) is -1.99. The zero-order chi connectivity index (χ0) is 16.0. The van der Waals surface area contributed by atoms with E-state index >= 15 is 0 Å². The number of sulfone groups is 1. The number of aromatic nitrogens is 1. The number of carbonyl (C=O) groups is 2. The van der Waals surface area contributed by atoms with Crippen molar-refractivity contribution >= 4 is 21.7 Å². The standard InChI is InChI=1S/C12H16N2O6S/c1-20-11-8(4-3-6-13-11)10(15)14-9(12(16)17)5-7-21(2,18)19/h3-4,6,9H,5,7H2,1-2H3,(H,14,15)(H,16,17). The molecule has 1 rings (SSSR count). The van der Waals surface area contributed by atoms with E-state index in [0.717, 1.165) is 6.26 Å². The Morgan fingerprint density at radius 2 is 2.14 bits per heavy atom. The van der Waals surface area contributed by atoms with Crippen molar-refractivity contribution in [3.63, 3.8) is 0 Å². The van der Waals surface area contributed by atoms with Crippen LogP contribution in [0.5, 0.6) is 5.88 Å². The van der Waals surface area contributed by atoms with Crippen LogP contribution in [0, 0.1) is 0 Å². The van der Waals surface area contributed by atoms with E-state index in [-0.39, 0.29) is 23.6 Å². The lowest BCUT2D eigenvalue weighted by molar-refractivity contribution is -0.139. The Morgan fingerprint density at radius 3 is 2.67 bits per heavy atom. The number of methoxy groups -OCH3 is 1. The predicted octanol–water partition coefficient (Wildman–Crippen LogP) is -0.292. The lowest BCUT2D eigenvalue weighted by atomic mass is 10.2. The summed E-state index contributed by atoms with van der Waals surface area (Å²) in [6, 6.07) is 1.62. The topological polar surface area (TPSA) is 123 Å². The molecular weight excluding hydrogens is 300 g/mol. The summed E-state index contributed by atoms with van der Waals surface area (Å²) in [6.45, 7) is 0. The molecule has 1 aromatic heterocycles. The highest BCUT2D eigenvalue weighted by atomic mass is 32.2. The first kappa shape index (κ1) is 16.9. The van der Waals surface area contributed by atoms with Gasteiger partial charge in [0.25, 0.3) is 5.91 Å². The molecule has 1 amide bonds. The molecular formula is C12H16N2O6S. The molecule has 1 atom stereocenters. The highest BCUT2D eigenvalue weighted by Gasteiger charge is 2.23. The molecule has 0 aromatic carbocycles. The summed E-state index contributed by atoms with van der Waals surface area (Å²) in [6.07, 6.45) is 2.20. The first-order valence-corrected chi connectivity index (χ1v) is 8.01. The van der Waals surface area contributed by atoms with Gasteiger partial charge in [-0.2, -0.15) is 0 Å². The average Bonchev–Trinajstić information content (AvgIpc) is 2.41. The summed E-state index contributed by atoms with van der Waals surface area (Å²) >= 11 is 0. The van der Waals surface area contributed by atoms with Crippen LogP contribution in [0.4, 0.5) is 0 Å².